The van der Waals surface area contributed by atoms with Gasteiger partial charge >= 0.3 is 0 Å². The molecule has 0 spiro atoms. The Hall–Kier alpha value is -3.26. The molecule has 2 fully saturated rings. The van der Waals surface area contributed by atoms with Crippen molar-refractivity contribution in [3.63, 3.8) is 0 Å². The Morgan fingerprint density at radius 2 is 1.56 bits per heavy atom. The normalized spacial score (nSPS) is 39.3. The van der Waals surface area contributed by atoms with Crippen molar-refractivity contribution >= 4 is 17.6 Å². The highest BCUT2D eigenvalue weighted by Gasteiger charge is 2.65. The fourth-order valence-corrected chi connectivity index (χ4v) is 5.18. The van der Waals surface area contributed by atoms with Crippen molar-refractivity contribution in [2.75, 3.05) is 13.2 Å². The van der Waals surface area contributed by atoms with E-state index < -0.39 is 114 Å². The summed E-state index contributed by atoms with van der Waals surface area (Å²) in [5.74, 6) is -6.22. The maximum absolute atomic E-state index is 13.8. The molecule has 236 valence electrons. The molecular formula is C27H32O16. The van der Waals surface area contributed by atoms with Crippen LogP contribution in [0.15, 0.2) is 53.0 Å². The Morgan fingerprint density at radius 1 is 0.930 bits per heavy atom. The van der Waals surface area contributed by atoms with Gasteiger partial charge in [-0.2, -0.15) is 0 Å². The monoisotopic (exact) mass is 612 g/mol. The zero-order chi connectivity index (χ0) is 32.0. The molecule has 1 aromatic carbocycles. The Labute approximate surface area is 242 Å². The summed E-state index contributed by atoms with van der Waals surface area (Å²) >= 11 is 0. The van der Waals surface area contributed by atoms with E-state index in [1.54, 1.807) is 0 Å². The first kappa shape index (κ1) is 32.6. The molecule has 16 heteroatoms. The molecular weight excluding hydrogens is 580 g/mol. The van der Waals surface area contributed by atoms with E-state index in [9.17, 15) is 70.9 Å². The molecule has 3 aliphatic rings. The van der Waals surface area contributed by atoms with Crippen molar-refractivity contribution < 1.29 is 80.3 Å². The van der Waals surface area contributed by atoms with Gasteiger partial charge in [0.05, 0.1) is 18.8 Å². The average Bonchev–Trinajstić information content (AvgIpc) is 2.97. The molecule has 0 radical (unpaired) electrons. The number of carbonyl (C=O) groups is 2. The fourth-order valence-electron chi connectivity index (χ4n) is 5.18. The third-order valence-corrected chi connectivity index (χ3v) is 7.69. The van der Waals surface area contributed by atoms with Gasteiger partial charge in [0.1, 0.15) is 83.9 Å². The van der Waals surface area contributed by atoms with E-state index >= 15 is 0 Å². The van der Waals surface area contributed by atoms with Gasteiger partial charge in [-0.05, 0) is 23.8 Å². The molecule has 1 aromatic rings. The maximum Gasteiger partial charge on any atom is 0.219 e. The van der Waals surface area contributed by atoms with Gasteiger partial charge in [0.2, 0.25) is 17.2 Å². The number of aromatic hydroxyl groups is 1. The SMILES string of the molecule is O=C1C(=C(O)/C=C\c2ccc(O)cc2)C(O)=C([C@H](O)[C@H]2OC[C@@H](O)[C@@H](O)[C@@H]2O)C(=O)[C@]1(O)[C@@H]1O[C@H](CO)[C@@H](O)[C@H](O)[C@H]1O. The van der Waals surface area contributed by atoms with Crippen molar-refractivity contribution in [1.82, 2.24) is 0 Å². The number of rotatable bonds is 6. The quantitative estimate of drug-likeness (QED) is 0.0820. The lowest BCUT2D eigenvalue weighted by Gasteiger charge is -2.47. The van der Waals surface area contributed by atoms with Gasteiger partial charge < -0.3 is 70.8 Å². The van der Waals surface area contributed by atoms with Crippen LogP contribution in [0.3, 0.4) is 0 Å². The molecule has 11 atom stereocenters. The first-order valence-electron chi connectivity index (χ1n) is 13.0. The Bertz CT molecular complexity index is 1320. The van der Waals surface area contributed by atoms with E-state index in [-0.39, 0.29) is 5.75 Å². The van der Waals surface area contributed by atoms with Crippen molar-refractivity contribution in [3.05, 3.63) is 58.6 Å². The van der Waals surface area contributed by atoms with E-state index in [2.05, 4.69) is 0 Å². The topological polar surface area (TPSA) is 295 Å². The van der Waals surface area contributed by atoms with Gasteiger partial charge in [-0.3, -0.25) is 9.59 Å². The average molecular weight is 613 g/mol. The molecule has 0 aromatic heterocycles. The van der Waals surface area contributed by atoms with Crippen molar-refractivity contribution in [1.29, 1.82) is 0 Å². The second-order valence-corrected chi connectivity index (χ2v) is 10.4. The molecule has 1 aliphatic carbocycles. The van der Waals surface area contributed by atoms with Gasteiger partial charge in [-0.15, -0.1) is 0 Å². The van der Waals surface area contributed by atoms with Gasteiger partial charge in [0.15, 0.2) is 0 Å². The van der Waals surface area contributed by atoms with E-state index in [1.165, 1.54) is 30.3 Å². The summed E-state index contributed by atoms with van der Waals surface area (Å²) in [7, 11) is 0. The van der Waals surface area contributed by atoms with Crippen LogP contribution in [0.5, 0.6) is 5.75 Å². The lowest BCUT2D eigenvalue weighted by Crippen LogP contribution is -2.71. The molecule has 16 nitrogen and oxygen atoms in total. The van der Waals surface area contributed by atoms with Crippen LogP contribution in [0, 0.1) is 0 Å². The van der Waals surface area contributed by atoms with Crippen LogP contribution < -0.4 is 0 Å². The number of ketones is 2. The highest BCUT2D eigenvalue weighted by molar-refractivity contribution is 6.28. The van der Waals surface area contributed by atoms with Crippen molar-refractivity contribution in [3.8, 4) is 5.75 Å². The summed E-state index contributed by atoms with van der Waals surface area (Å²) in [6.45, 7) is -1.69. The van der Waals surface area contributed by atoms with Gasteiger partial charge in [0.25, 0.3) is 0 Å². The maximum atomic E-state index is 13.8. The van der Waals surface area contributed by atoms with E-state index in [0.29, 0.717) is 5.56 Å². The zero-order valence-electron chi connectivity index (χ0n) is 22.2. The number of phenolic OH excluding ortho intramolecular Hbond substituents is 1. The van der Waals surface area contributed by atoms with Crippen LogP contribution in [0.4, 0.5) is 0 Å². The van der Waals surface area contributed by atoms with Gasteiger partial charge in [-0.25, -0.2) is 0 Å². The summed E-state index contributed by atoms with van der Waals surface area (Å²) in [5, 5.41) is 125. The minimum absolute atomic E-state index is 0.0887. The second-order valence-electron chi connectivity index (χ2n) is 10.4. The van der Waals surface area contributed by atoms with Crippen molar-refractivity contribution in [2.24, 2.45) is 0 Å². The first-order chi connectivity index (χ1) is 20.2. The number of phenols is 1. The molecule has 0 bridgehead atoms. The highest BCUT2D eigenvalue weighted by atomic mass is 16.6. The van der Waals surface area contributed by atoms with Crippen LogP contribution in [0.1, 0.15) is 5.56 Å². The lowest BCUT2D eigenvalue weighted by atomic mass is 9.69. The molecule has 43 heavy (non-hydrogen) atoms. The number of aliphatic hydroxyl groups excluding tert-OH is 10. The van der Waals surface area contributed by atoms with Crippen LogP contribution in [0.2, 0.25) is 0 Å². The number of hydrogen-bond acceptors (Lipinski definition) is 16. The standard InChI is InChI=1S/C27H32O16/c28-7-13-17(33)20(36)22(38)26(43-13)27(41)24(39)14(11(30)6-3-9-1-4-10(29)5-2-9)18(34)15(25(27)40)19(35)23-21(37)16(32)12(31)8-42-23/h1-6,12-13,16-17,19-23,26,28-38,41H,7-8H2/b6-3-,14-11?/t12-,13-,16-,17-,19+,20+,21+,22-,23-,26-,27+/m1/s1. The van der Waals surface area contributed by atoms with Gasteiger partial charge in [0, 0.05) is 0 Å². The minimum Gasteiger partial charge on any atom is -0.508 e. The summed E-state index contributed by atoms with van der Waals surface area (Å²) in [4.78, 5) is 27.5. The molecule has 2 saturated heterocycles. The van der Waals surface area contributed by atoms with Crippen LogP contribution in [-0.2, 0) is 19.1 Å². The molecule has 0 unspecified atom stereocenters. The predicted molar refractivity (Wildman–Crippen MR) is 139 cm³/mol. The predicted octanol–water partition coefficient (Wildman–Crippen LogP) is -4.40. The molecule has 12 N–H and O–H groups in total. The van der Waals surface area contributed by atoms with Crippen molar-refractivity contribution in [2.45, 2.75) is 66.6 Å². The van der Waals surface area contributed by atoms with Gasteiger partial charge in [-0.1, -0.05) is 18.2 Å². The summed E-state index contributed by atoms with van der Waals surface area (Å²) < 4.78 is 10.4. The third-order valence-electron chi connectivity index (χ3n) is 7.69. The second kappa shape index (κ2) is 12.4. The van der Waals surface area contributed by atoms with Crippen LogP contribution in [0.25, 0.3) is 6.08 Å². The molecule has 0 saturated carbocycles. The van der Waals surface area contributed by atoms with E-state index in [4.69, 9.17) is 9.47 Å². The zero-order valence-corrected chi connectivity index (χ0v) is 22.2. The number of benzene rings is 1. The lowest BCUT2D eigenvalue weighted by molar-refractivity contribution is -0.261. The number of Topliss-reactive ketones (excluding diaryl/α,β-unsaturated/α-hetero) is 2. The molecule has 0 amide bonds. The first-order valence-corrected chi connectivity index (χ1v) is 13.0. The summed E-state index contributed by atoms with van der Waals surface area (Å²) in [6.07, 6.45) is -18.7. The molecule has 2 heterocycles. The van der Waals surface area contributed by atoms with E-state index in [1.807, 2.05) is 0 Å². The summed E-state index contributed by atoms with van der Waals surface area (Å²) in [5.41, 5.74) is -5.76. The highest BCUT2D eigenvalue weighted by Crippen LogP contribution is 2.41. The summed E-state index contributed by atoms with van der Waals surface area (Å²) in [6, 6.07) is 5.37. The number of hydrogen-bond donors (Lipinski definition) is 12. The molecule has 4 rings (SSSR count). The van der Waals surface area contributed by atoms with Crippen LogP contribution >= 0.6 is 0 Å². The minimum atomic E-state index is -3.65. The Kier molecular flexibility index (Phi) is 9.41. The Balaban J connectivity index is 1.88. The largest absolute Gasteiger partial charge is 0.508 e. The Morgan fingerprint density at radius 3 is 2.16 bits per heavy atom. The fraction of sp³-hybridized carbons (Fsp3) is 0.481. The number of aliphatic hydroxyl groups is 11. The number of carbonyl (C=O) groups excluding carboxylic acids is 2. The number of allylic oxidation sites excluding steroid dienone is 2. The van der Waals surface area contributed by atoms with Crippen LogP contribution in [-0.4, -0.2) is 153 Å². The molecule has 2 aliphatic heterocycles. The number of ether oxygens (including phenoxy) is 2. The smallest absolute Gasteiger partial charge is 0.219 e. The third kappa shape index (κ3) is 5.59. The van der Waals surface area contributed by atoms with E-state index in [0.717, 1.165) is 6.08 Å².